The number of Topliss-reactive ketones (excluding diaryl/α,β-unsaturated/α-hetero) is 1. The lowest BCUT2D eigenvalue weighted by Gasteiger charge is -2.07. The average molecular weight is 335 g/mol. The molecule has 1 aromatic carbocycles. The number of amides is 2. The predicted octanol–water partition coefficient (Wildman–Crippen LogP) is 3.04. The summed E-state index contributed by atoms with van der Waals surface area (Å²) >= 11 is 0. The second-order valence-corrected chi connectivity index (χ2v) is 5.41. The van der Waals surface area contributed by atoms with E-state index < -0.39 is 0 Å². The first-order valence-corrected chi connectivity index (χ1v) is 7.87. The zero-order valence-corrected chi connectivity index (χ0v) is 13.9. The summed E-state index contributed by atoms with van der Waals surface area (Å²) in [5.41, 5.74) is 3.19. The monoisotopic (exact) mass is 335 g/mol. The van der Waals surface area contributed by atoms with E-state index >= 15 is 0 Å². The van der Waals surface area contributed by atoms with Gasteiger partial charge in [-0.05, 0) is 26.0 Å². The highest BCUT2D eigenvalue weighted by Gasteiger charge is 2.07. The number of urea groups is 1. The lowest BCUT2D eigenvalue weighted by Crippen LogP contribution is -2.28. The highest BCUT2D eigenvalue weighted by atomic mass is 16.2. The van der Waals surface area contributed by atoms with Crippen LogP contribution in [0.1, 0.15) is 24.2 Å². The Labute approximate surface area is 144 Å². The Kier molecular flexibility index (Phi) is 4.65. The van der Waals surface area contributed by atoms with E-state index in [1.54, 1.807) is 30.5 Å². The summed E-state index contributed by atoms with van der Waals surface area (Å²) in [5, 5.41) is 5.29. The van der Waals surface area contributed by atoms with Crippen LogP contribution in [-0.4, -0.2) is 33.3 Å². The smallest absolute Gasteiger partial charge is 0.320 e. The maximum Gasteiger partial charge on any atom is 0.320 e. The molecule has 0 aliphatic heterocycles. The van der Waals surface area contributed by atoms with Gasteiger partial charge < -0.3 is 5.32 Å². The molecule has 7 nitrogen and oxygen atoms in total. The third-order valence-corrected chi connectivity index (χ3v) is 3.57. The molecule has 2 aromatic heterocycles. The number of nitrogens with zero attached hydrogens (tertiary/aromatic N) is 3. The zero-order chi connectivity index (χ0) is 17.8. The van der Waals surface area contributed by atoms with Gasteiger partial charge in [0.1, 0.15) is 11.3 Å². The molecule has 3 rings (SSSR count). The average Bonchev–Trinajstić information content (AvgIpc) is 2.61. The van der Waals surface area contributed by atoms with Gasteiger partial charge in [0.05, 0.1) is 11.9 Å². The first kappa shape index (κ1) is 16.5. The van der Waals surface area contributed by atoms with E-state index in [4.69, 9.17) is 0 Å². The molecular formula is C18H17N5O2. The molecule has 0 saturated carbocycles. The van der Waals surface area contributed by atoms with E-state index in [1.165, 1.54) is 6.92 Å². The number of benzene rings is 1. The van der Waals surface area contributed by atoms with Crippen molar-refractivity contribution in [1.82, 2.24) is 20.3 Å². The Balaban J connectivity index is 1.92. The fourth-order valence-corrected chi connectivity index (χ4v) is 2.30. The molecule has 25 heavy (non-hydrogen) atoms. The van der Waals surface area contributed by atoms with Gasteiger partial charge in [-0.2, -0.15) is 0 Å². The van der Waals surface area contributed by atoms with Crippen molar-refractivity contribution in [2.24, 2.45) is 0 Å². The number of anilines is 1. The van der Waals surface area contributed by atoms with E-state index in [1.807, 2.05) is 19.1 Å². The molecule has 2 heterocycles. The topological polar surface area (TPSA) is 96.9 Å². The summed E-state index contributed by atoms with van der Waals surface area (Å²) in [7, 11) is 0. The minimum absolute atomic E-state index is 0.0129. The molecule has 0 saturated heterocycles. The minimum atomic E-state index is -0.321. The second kappa shape index (κ2) is 7.04. The van der Waals surface area contributed by atoms with Crippen LogP contribution in [0.15, 0.2) is 42.6 Å². The largest absolute Gasteiger partial charge is 0.338 e. The number of carbonyl (C=O) groups excluding carboxylic acids is 2. The van der Waals surface area contributed by atoms with Gasteiger partial charge in [-0.3, -0.25) is 15.1 Å². The van der Waals surface area contributed by atoms with Crippen LogP contribution in [0.4, 0.5) is 10.6 Å². The van der Waals surface area contributed by atoms with Crippen LogP contribution in [0.25, 0.3) is 22.4 Å². The number of hydrogen-bond acceptors (Lipinski definition) is 5. The molecule has 0 bridgehead atoms. The minimum Gasteiger partial charge on any atom is -0.338 e. The Morgan fingerprint density at radius 1 is 1.04 bits per heavy atom. The molecule has 0 spiro atoms. The first-order chi connectivity index (χ1) is 12.1. The van der Waals surface area contributed by atoms with Crippen LogP contribution in [0.3, 0.4) is 0 Å². The van der Waals surface area contributed by atoms with Gasteiger partial charge in [-0.15, -0.1) is 0 Å². The van der Waals surface area contributed by atoms with Crippen LogP contribution >= 0.6 is 0 Å². The molecule has 0 fully saturated rings. The summed E-state index contributed by atoms with van der Waals surface area (Å²) in [5.74, 6) is 0.413. The molecule has 0 unspecified atom stereocenters. The highest BCUT2D eigenvalue weighted by molar-refractivity contribution is 5.94. The molecule has 0 atom stereocenters. The number of hydrogen-bond donors (Lipinski definition) is 2. The highest BCUT2D eigenvalue weighted by Crippen LogP contribution is 2.20. The van der Waals surface area contributed by atoms with Crippen LogP contribution in [0, 0.1) is 0 Å². The van der Waals surface area contributed by atoms with Crippen molar-refractivity contribution in [3.05, 3.63) is 48.2 Å². The quantitative estimate of drug-likeness (QED) is 0.714. The van der Waals surface area contributed by atoms with Crippen molar-refractivity contribution >= 4 is 28.8 Å². The summed E-state index contributed by atoms with van der Waals surface area (Å²) in [6.07, 6.45) is 1.66. The maximum atomic E-state index is 11.6. The van der Waals surface area contributed by atoms with Gasteiger partial charge in [-0.1, -0.05) is 24.3 Å². The lowest BCUT2D eigenvalue weighted by molar-refractivity contribution is 0.101. The number of rotatable bonds is 4. The summed E-state index contributed by atoms with van der Waals surface area (Å²) < 4.78 is 0. The molecule has 2 amide bonds. The van der Waals surface area contributed by atoms with Gasteiger partial charge in [0, 0.05) is 17.7 Å². The summed E-state index contributed by atoms with van der Waals surface area (Å²) in [4.78, 5) is 36.1. The standard InChI is InChI=1S/C18H17N5O2/c1-3-19-18(25)23-16-9-8-14-17(22-16)21-15(10-20-14)13-6-4-12(5-7-13)11(2)24/h4-10H,3H2,1-2H3,(H2,19,21,22,23,25). The summed E-state index contributed by atoms with van der Waals surface area (Å²) in [6, 6.07) is 10.3. The Morgan fingerprint density at radius 3 is 2.48 bits per heavy atom. The van der Waals surface area contributed by atoms with E-state index in [0.29, 0.717) is 34.8 Å². The number of pyridine rings is 1. The third kappa shape index (κ3) is 3.77. The number of carbonyl (C=O) groups is 2. The molecule has 0 aliphatic carbocycles. The van der Waals surface area contributed by atoms with Gasteiger partial charge in [0.2, 0.25) is 0 Å². The van der Waals surface area contributed by atoms with Crippen LogP contribution in [0.5, 0.6) is 0 Å². The molecule has 3 aromatic rings. The molecule has 2 N–H and O–H groups in total. The number of nitrogens with one attached hydrogen (secondary N) is 2. The normalized spacial score (nSPS) is 10.5. The van der Waals surface area contributed by atoms with E-state index in [-0.39, 0.29) is 11.8 Å². The number of fused-ring (bicyclic) bond motifs is 1. The lowest BCUT2D eigenvalue weighted by atomic mass is 10.1. The molecule has 126 valence electrons. The SMILES string of the molecule is CCNC(=O)Nc1ccc2ncc(-c3ccc(C(C)=O)cc3)nc2n1. The molecule has 0 aliphatic rings. The van der Waals surface area contributed by atoms with Gasteiger partial charge in [0.25, 0.3) is 0 Å². The fraction of sp³-hybridized carbons (Fsp3) is 0.167. The third-order valence-electron chi connectivity index (χ3n) is 3.57. The van der Waals surface area contributed by atoms with Gasteiger partial charge >= 0.3 is 6.03 Å². The molecule has 0 radical (unpaired) electrons. The zero-order valence-electron chi connectivity index (χ0n) is 13.9. The van der Waals surface area contributed by atoms with E-state index in [0.717, 1.165) is 5.56 Å². The first-order valence-electron chi connectivity index (χ1n) is 7.87. The summed E-state index contributed by atoms with van der Waals surface area (Å²) in [6.45, 7) is 3.89. The Bertz CT molecular complexity index is 938. The Morgan fingerprint density at radius 2 is 1.80 bits per heavy atom. The van der Waals surface area contributed by atoms with Crippen LogP contribution in [-0.2, 0) is 0 Å². The number of ketones is 1. The van der Waals surface area contributed by atoms with Crippen molar-refractivity contribution in [2.75, 3.05) is 11.9 Å². The van der Waals surface area contributed by atoms with Gasteiger partial charge in [-0.25, -0.2) is 14.8 Å². The van der Waals surface area contributed by atoms with Crippen molar-refractivity contribution in [1.29, 1.82) is 0 Å². The van der Waals surface area contributed by atoms with Crippen molar-refractivity contribution in [2.45, 2.75) is 13.8 Å². The van der Waals surface area contributed by atoms with E-state index in [9.17, 15) is 9.59 Å². The van der Waals surface area contributed by atoms with Crippen molar-refractivity contribution < 1.29 is 9.59 Å². The second-order valence-electron chi connectivity index (χ2n) is 5.41. The Hall–Kier alpha value is -3.35. The fourth-order valence-electron chi connectivity index (χ4n) is 2.30. The van der Waals surface area contributed by atoms with Crippen molar-refractivity contribution in [3.8, 4) is 11.3 Å². The molecule has 7 heteroatoms. The van der Waals surface area contributed by atoms with Gasteiger partial charge in [0.15, 0.2) is 11.4 Å². The number of aromatic nitrogens is 3. The maximum absolute atomic E-state index is 11.6. The van der Waals surface area contributed by atoms with Crippen LogP contribution in [0.2, 0.25) is 0 Å². The van der Waals surface area contributed by atoms with Crippen LogP contribution < -0.4 is 10.6 Å². The van der Waals surface area contributed by atoms with Crippen molar-refractivity contribution in [3.63, 3.8) is 0 Å². The van der Waals surface area contributed by atoms with E-state index in [2.05, 4.69) is 25.6 Å². The predicted molar refractivity (Wildman–Crippen MR) is 95.5 cm³/mol. The molecular weight excluding hydrogens is 318 g/mol.